The molecule has 0 fully saturated rings. The van der Waals surface area contributed by atoms with Gasteiger partial charge < -0.3 is 9.30 Å². The van der Waals surface area contributed by atoms with Crippen LogP contribution in [0.25, 0.3) is 12.2 Å². The summed E-state index contributed by atoms with van der Waals surface area (Å²) in [7, 11) is 1.61. The average Bonchev–Trinajstić information content (AvgIpc) is 3.40. The van der Waals surface area contributed by atoms with Gasteiger partial charge in [0.1, 0.15) is 17.1 Å². The number of hydrogen-bond acceptors (Lipinski definition) is 4. The van der Waals surface area contributed by atoms with E-state index in [1.165, 1.54) is 17.0 Å². The van der Waals surface area contributed by atoms with Crippen LogP contribution in [0.2, 0.25) is 10.0 Å². The van der Waals surface area contributed by atoms with E-state index >= 15 is 0 Å². The van der Waals surface area contributed by atoms with Gasteiger partial charge in [0.05, 0.1) is 17.8 Å². The van der Waals surface area contributed by atoms with Crippen LogP contribution in [-0.2, 0) is 13.0 Å². The summed E-state index contributed by atoms with van der Waals surface area (Å²) in [6.45, 7) is 0.367. The average molecular weight is 494 g/mol. The highest BCUT2D eigenvalue weighted by Gasteiger charge is 2.12. The first-order chi connectivity index (χ1) is 16.5. The number of nitrogens with zero attached hydrogens (tertiary/aromatic N) is 3. The van der Waals surface area contributed by atoms with Gasteiger partial charge in [0.25, 0.3) is 11.5 Å². The number of aryl methyl sites for hydroxylation is 1. The third-order valence-electron chi connectivity index (χ3n) is 5.33. The maximum absolute atomic E-state index is 12.8. The molecule has 0 saturated carbocycles. The highest BCUT2D eigenvalue weighted by molar-refractivity contribution is 6.35. The van der Waals surface area contributed by atoms with Crippen LogP contribution in [0.4, 0.5) is 0 Å². The van der Waals surface area contributed by atoms with Gasteiger partial charge >= 0.3 is 0 Å². The van der Waals surface area contributed by atoms with Crippen LogP contribution in [0.3, 0.4) is 0 Å². The quantitative estimate of drug-likeness (QED) is 0.342. The molecule has 0 bridgehead atoms. The minimum absolute atomic E-state index is 0.0600. The van der Waals surface area contributed by atoms with Crippen LogP contribution in [0.1, 0.15) is 27.2 Å². The summed E-state index contributed by atoms with van der Waals surface area (Å²) >= 11 is 12.6. The molecule has 0 aliphatic heterocycles. The van der Waals surface area contributed by atoms with Crippen molar-refractivity contribution in [3.05, 3.63) is 116 Å². The lowest BCUT2D eigenvalue weighted by molar-refractivity contribution is 0.0959. The van der Waals surface area contributed by atoms with Gasteiger partial charge in [0.2, 0.25) is 0 Å². The predicted octanol–water partition coefficient (Wildman–Crippen LogP) is 5.46. The zero-order valence-corrected chi connectivity index (χ0v) is 19.8. The number of rotatable bonds is 7. The lowest BCUT2D eigenvalue weighted by Crippen LogP contribution is -2.24. The SMILES string of the molecule is COc1cccc(C=Cc2c(Cl)cc(Cl)c(=O)n2CCc2ccc(C(=O)n3ccnc3)cc2)c1. The van der Waals surface area contributed by atoms with Gasteiger partial charge in [0, 0.05) is 24.5 Å². The summed E-state index contributed by atoms with van der Waals surface area (Å²) in [5, 5.41) is 0.440. The van der Waals surface area contributed by atoms with Gasteiger partial charge in [-0.2, -0.15) is 0 Å². The number of carbonyl (C=O) groups excluding carboxylic acids is 1. The molecule has 0 radical (unpaired) electrons. The molecule has 4 aromatic rings. The molecule has 172 valence electrons. The lowest BCUT2D eigenvalue weighted by atomic mass is 10.1. The van der Waals surface area contributed by atoms with Crippen molar-refractivity contribution >= 4 is 41.3 Å². The Bertz CT molecular complexity index is 1390. The van der Waals surface area contributed by atoms with E-state index in [4.69, 9.17) is 27.9 Å². The van der Waals surface area contributed by atoms with Crippen LogP contribution >= 0.6 is 23.2 Å². The van der Waals surface area contributed by atoms with E-state index in [2.05, 4.69) is 4.98 Å². The number of pyridine rings is 1. The molecular weight excluding hydrogens is 473 g/mol. The normalized spacial score (nSPS) is 11.1. The second-order valence-electron chi connectivity index (χ2n) is 7.51. The van der Waals surface area contributed by atoms with Gasteiger partial charge in [-0.15, -0.1) is 0 Å². The number of ether oxygens (including phenoxy) is 1. The minimum atomic E-state index is -0.316. The Balaban J connectivity index is 1.56. The first-order valence-corrected chi connectivity index (χ1v) is 11.2. The topological polar surface area (TPSA) is 66.1 Å². The van der Waals surface area contributed by atoms with E-state index < -0.39 is 0 Å². The molecule has 6 nitrogen and oxygen atoms in total. The van der Waals surface area contributed by atoms with Crippen LogP contribution in [0.15, 0.2) is 78.1 Å². The number of imidazole rings is 1. The molecule has 0 aliphatic carbocycles. The monoisotopic (exact) mass is 493 g/mol. The first kappa shape index (κ1) is 23.5. The highest BCUT2D eigenvalue weighted by Crippen LogP contribution is 2.22. The Morgan fingerprint density at radius 3 is 2.56 bits per heavy atom. The molecule has 0 aliphatic rings. The standard InChI is InChI=1S/C26H21Cl2N3O3/c1-34-21-4-2-3-19(15-21)7-10-24-22(27)16-23(28)26(33)31(24)13-11-18-5-8-20(9-6-18)25(32)30-14-12-29-17-30/h2-10,12,14-17H,11,13H2,1H3. The predicted molar refractivity (Wildman–Crippen MR) is 135 cm³/mol. The van der Waals surface area contributed by atoms with Gasteiger partial charge in [0.15, 0.2) is 0 Å². The summed E-state index contributed by atoms with van der Waals surface area (Å²) in [5.74, 6) is 0.573. The molecule has 2 aromatic heterocycles. The van der Waals surface area contributed by atoms with Crippen molar-refractivity contribution in [3.63, 3.8) is 0 Å². The number of benzene rings is 2. The van der Waals surface area contributed by atoms with E-state index in [0.717, 1.165) is 16.9 Å². The zero-order chi connectivity index (χ0) is 24.1. The van der Waals surface area contributed by atoms with E-state index in [1.807, 2.05) is 42.5 Å². The zero-order valence-electron chi connectivity index (χ0n) is 18.3. The fourth-order valence-corrected chi connectivity index (χ4v) is 4.05. The molecule has 34 heavy (non-hydrogen) atoms. The molecule has 0 saturated heterocycles. The molecule has 4 rings (SSSR count). The van der Waals surface area contributed by atoms with E-state index in [1.54, 1.807) is 42.3 Å². The van der Waals surface area contributed by atoms with Gasteiger partial charge in [-0.05, 0) is 54.0 Å². The number of methoxy groups -OCH3 is 1. The molecule has 0 spiro atoms. The fourth-order valence-electron chi connectivity index (χ4n) is 3.51. The van der Waals surface area contributed by atoms with Crippen molar-refractivity contribution in [2.45, 2.75) is 13.0 Å². The van der Waals surface area contributed by atoms with Crippen LogP contribution in [0, 0.1) is 0 Å². The van der Waals surface area contributed by atoms with Crippen LogP contribution in [0.5, 0.6) is 5.75 Å². The van der Waals surface area contributed by atoms with Crippen LogP contribution in [-0.4, -0.2) is 27.1 Å². The second-order valence-corrected chi connectivity index (χ2v) is 8.33. The molecular formula is C26H21Cl2N3O3. The van der Waals surface area contributed by atoms with Crippen LogP contribution < -0.4 is 10.3 Å². The third-order valence-corrected chi connectivity index (χ3v) is 5.90. The van der Waals surface area contributed by atoms with Gasteiger partial charge in [-0.1, -0.05) is 53.5 Å². The van der Waals surface area contributed by atoms with Crippen molar-refractivity contribution in [2.24, 2.45) is 0 Å². The second kappa shape index (κ2) is 10.5. The van der Waals surface area contributed by atoms with E-state index in [0.29, 0.717) is 29.2 Å². The number of aromatic nitrogens is 3. The Kier molecular flexibility index (Phi) is 7.30. The largest absolute Gasteiger partial charge is 0.497 e. The Labute approximate surface area is 206 Å². The maximum Gasteiger partial charge on any atom is 0.269 e. The molecule has 0 N–H and O–H groups in total. The molecule has 2 aromatic carbocycles. The molecule has 0 atom stereocenters. The summed E-state index contributed by atoms with van der Waals surface area (Å²) in [4.78, 5) is 29.1. The lowest BCUT2D eigenvalue weighted by Gasteiger charge is -2.13. The first-order valence-electron chi connectivity index (χ1n) is 10.5. The number of carbonyl (C=O) groups is 1. The van der Waals surface area contributed by atoms with E-state index in [-0.39, 0.29) is 16.5 Å². The number of hydrogen-bond donors (Lipinski definition) is 0. The Hall–Kier alpha value is -3.61. The molecule has 0 unspecified atom stereocenters. The van der Waals surface area contributed by atoms with Crippen molar-refractivity contribution in [2.75, 3.05) is 7.11 Å². The Morgan fingerprint density at radius 1 is 1.06 bits per heavy atom. The Morgan fingerprint density at radius 2 is 1.85 bits per heavy atom. The minimum Gasteiger partial charge on any atom is -0.497 e. The van der Waals surface area contributed by atoms with Crippen molar-refractivity contribution in [1.29, 1.82) is 0 Å². The van der Waals surface area contributed by atoms with Gasteiger partial charge in [-0.25, -0.2) is 4.98 Å². The maximum atomic E-state index is 12.8. The van der Waals surface area contributed by atoms with E-state index in [9.17, 15) is 9.59 Å². The summed E-state index contributed by atoms with van der Waals surface area (Å²) in [5.41, 5.74) is 2.66. The highest BCUT2D eigenvalue weighted by atomic mass is 35.5. The molecule has 0 amide bonds. The van der Waals surface area contributed by atoms with Crippen molar-refractivity contribution < 1.29 is 9.53 Å². The smallest absolute Gasteiger partial charge is 0.269 e. The summed E-state index contributed by atoms with van der Waals surface area (Å²) < 4.78 is 8.24. The summed E-state index contributed by atoms with van der Waals surface area (Å²) in [6, 6.07) is 16.3. The van der Waals surface area contributed by atoms with Crippen molar-refractivity contribution in [1.82, 2.24) is 14.1 Å². The third kappa shape index (κ3) is 5.30. The fraction of sp³-hybridized carbons (Fsp3) is 0.115. The number of halogens is 2. The molecule has 8 heteroatoms. The molecule has 2 heterocycles. The van der Waals surface area contributed by atoms with Crippen molar-refractivity contribution in [3.8, 4) is 5.75 Å². The van der Waals surface area contributed by atoms with Gasteiger partial charge in [-0.3, -0.25) is 14.2 Å². The summed E-state index contributed by atoms with van der Waals surface area (Å²) in [6.07, 6.45) is 8.83.